The third-order valence-electron chi connectivity index (χ3n) is 32.2. The fraction of sp³-hybridized carbons (Fsp3) is 0.848. The van der Waals surface area contributed by atoms with Crippen LogP contribution in [0.3, 0.4) is 0 Å². The third kappa shape index (κ3) is 12.1. The van der Waals surface area contributed by atoms with E-state index in [1.165, 1.54) is 5.57 Å². The zero-order chi connectivity index (χ0) is 75.8. The van der Waals surface area contributed by atoms with Gasteiger partial charge in [-0.1, -0.05) is 148 Å². The lowest BCUT2D eigenvalue weighted by Crippen LogP contribution is -2.70. The lowest BCUT2D eigenvalue weighted by molar-refractivity contribution is -0.269. The van der Waals surface area contributed by atoms with E-state index in [2.05, 4.69) is 169 Å². The van der Waals surface area contributed by atoms with E-state index in [4.69, 9.17) is 58.1 Å². The van der Waals surface area contributed by atoms with Crippen LogP contribution >= 0.6 is 0 Å². The Kier molecular flexibility index (Phi) is 21.3. The summed E-state index contributed by atoms with van der Waals surface area (Å²) < 4.78 is 33.3. The van der Waals surface area contributed by atoms with Gasteiger partial charge in [0, 0.05) is 39.8 Å². The molecule has 2 aliphatic heterocycles. The number of nitrogen functional groups attached to an aromatic ring is 2. The van der Waals surface area contributed by atoms with Gasteiger partial charge in [-0.2, -0.15) is 10.0 Å². The molecule has 2 amide bonds. The molecule has 0 aromatic carbocycles. The Hall–Kier alpha value is -5.04. The Balaban J connectivity index is 0.000000197. The number of aliphatic carboxylic acids is 2. The monoisotopic (exact) mass is 1430 g/mol. The van der Waals surface area contributed by atoms with Crippen molar-refractivity contribution in [1.82, 2.24) is 30.4 Å². The first-order chi connectivity index (χ1) is 47.2. The Labute approximate surface area is 608 Å². The molecule has 6 saturated carbocycles. The minimum atomic E-state index is -0.717. The molecule has 0 unspecified atom stereocenters. The van der Waals surface area contributed by atoms with Gasteiger partial charge in [-0.3, -0.25) is 19.2 Å². The van der Waals surface area contributed by atoms with Gasteiger partial charge >= 0.3 is 11.9 Å². The van der Waals surface area contributed by atoms with Crippen LogP contribution in [-0.2, 0) is 33.3 Å². The number of allylic oxidation sites excluding steroid dienone is 2. The summed E-state index contributed by atoms with van der Waals surface area (Å²) in [6.45, 7) is 48.1. The molecule has 8 aliphatic carbocycles. The molecule has 574 valence electrons. The highest BCUT2D eigenvalue weighted by atomic mass is 16.5. The molecule has 10 aliphatic rings. The molecule has 23 nitrogen and oxygen atoms in total. The van der Waals surface area contributed by atoms with Crippen LogP contribution in [0.25, 0.3) is 0 Å². The first-order valence-electron chi connectivity index (χ1n) is 38.5. The highest BCUT2D eigenvalue weighted by Gasteiger charge is 2.75. The number of nitrogens with one attached hydrogen (secondary N) is 1. The van der Waals surface area contributed by atoms with Gasteiger partial charge in [-0.05, 0) is 183 Å². The molecule has 15 N–H and O–H groups in total. The summed E-state index contributed by atoms with van der Waals surface area (Å²) in [6, 6.07) is -0.354. The molecule has 24 atom stereocenters. The van der Waals surface area contributed by atoms with Crippen molar-refractivity contribution < 1.29 is 53.1 Å². The molecule has 0 radical (unpaired) electrons. The number of nitrogens with two attached hydrogens (primary N) is 6. The fourth-order valence-corrected chi connectivity index (χ4v) is 24.1. The highest BCUT2D eigenvalue weighted by Crippen LogP contribution is 2.78. The number of methoxy groups -OCH3 is 1. The maximum Gasteiger partial charge on any atom is 0.307 e. The molecule has 8 fully saturated rings. The number of carboxylic acids is 2. The molecule has 2 aromatic rings. The van der Waals surface area contributed by atoms with Gasteiger partial charge in [-0.15, -0.1) is 20.4 Å². The second-order valence-electron chi connectivity index (χ2n) is 38.3. The summed E-state index contributed by atoms with van der Waals surface area (Å²) in [5.74, 6) is -0.239. The summed E-state index contributed by atoms with van der Waals surface area (Å²) in [7, 11) is 1.84. The van der Waals surface area contributed by atoms with Crippen molar-refractivity contribution in [1.29, 1.82) is 0 Å². The Morgan fingerprint density at radius 2 is 1.01 bits per heavy atom. The average molecular weight is 1430 g/mol. The van der Waals surface area contributed by atoms with Gasteiger partial charge in [0.15, 0.2) is 23.0 Å². The minimum absolute atomic E-state index is 0.00977. The maximum atomic E-state index is 13.5. The average Bonchev–Trinajstić information content (AvgIpc) is 0.695. The van der Waals surface area contributed by atoms with Gasteiger partial charge in [0.05, 0.1) is 75.8 Å². The number of fused-ring (bicyclic) bond motifs is 6. The number of rotatable bonds is 18. The first-order valence-corrected chi connectivity index (χ1v) is 38.5. The second-order valence-corrected chi connectivity index (χ2v) is 38.3. The molecule has 0 spiro atoms. The van der Waals surface area contributed by atoms with E-state index in [-0.39, 0.29) is 120 Å². The molecule has 2 aromatic heterocycles. The number of aromatic amines is 1. The largest absolute Gasteiger partial charge is 0.481 e. The van der Waals surface area contributed by atoms with Gasteiger partial charge in [0.2, 0.25) is 0 Å². The van der Waals surface area contributed by atoms with Gasteiger partial charge in [0.1, 0.15) is 0 Å². The number of hydrogen-bond donors (Lipinski definition) is 9. The van der Waals surface area contributed by atoms with Crippen molar-refractivity contribution in [2.45, 2.75) is 251 Å². The van der Waals surface area contributed by atoms with Gasteiger partial charge in [0.25, 0.3) is 11.8 Å². The fourth-order valence-electron chi connectivity index (χ4n) is 24.1. The zero-order valence-corrected chi connectivity index (χ0v) is 65.9. The normalized spacial score (nSPS) is 42.1. The molecular formula is C79H132N12O11. The van der Waals surface area contributed by atoms with Crippen molar-refractivity contribution in [2.24, 2.45) is 148 Å². The van der Waals surface area contributed by atoms with E-state index in [1.54, 1.807) is 10.4 Å². The number of H-pyrrole nitrogens is 1. The molecule has 23 heteroatoms. The van der Waals surface area contributed by atoms with Gasteiger partial charge < -0.3 is 68.3 Å². The summed E-state index contributed by atoms with van der Waals surface area (Å²) in [6.07, 6.45) is 15.7. The number of nitrogens with zero attached hydrogens (tertiary/aromatic N) is 5. The van der Waals surface area contributed by atoms with E-state index in [1.807, 2.05) is 14.0 Å². The van der Waals surface area contributed by atoms with Crippen molar-refractivity contribution >= 4 is 35.4 Å². The topological polar surface area (TPSA) is 383 Å². The molecule has 4 bridgehead atoms. The number of amides is 2. The summed E-state index contributed by atoms with van der Waals surface area (Å²) >= 11 is 0. The van der Waals surface area contributed by atoms with Gasteiger partial charge in [-0.25, -0.2) is 0 Å². The van der Waals surface area contributed by atoms with Crippen LogP contribution < -0.4 is 34.4 Å². The predicted molar refractivity (Wildman–Crippen MR) is 394 cm³/mol. The number of primary amides is 2. The van der Waals surface area contributed by atoms with Crippen LogP contribution in [0.2, 0.25) is 0 Å². The van der Waals surface area contributed by atoms with Crippen LogP contribution in [0, 0.1) is 125 Å². The van der Waals surface area contributed by atoms with Crippen LogP contribution in [0.5, 0.6) is 0 Å². The quantitative estimate of drug-likeness (QED) is 0.0626. The third-order valence-corrected chi connectivity index (χ3v) is 32.2. The van der Waals surface area contributed by atoms with E-state index in [9.17, 15) is 29.4 Å². The number of carbonyl (C=O) groups excluding carboxylic acids is 2. The first kappa shape index (κ1) is 79.5. The molecule has 12 rings (SSSR count). The number of carboxylic acid groups (broad SMARTS) is 2. The smallest absolute Gasteiger partial charge is 0.307 e. The minimum Gasteiger partial charge on any atom is -0.481 e. The lowest BCUT2D eigenvalue weighted by Gasteiger charge is -2.71. The van der Waals surface area contributed by atoms with E-state index >= 15 is 0 Å². The zero-order valence-electron chi connectivity index (χ0n) is 65.9. The molecule has 102 heavy (non-hydrogen) atoms. The molecule has 2 saturated heterocycles. The van der Waals surface area contributed by atoms with E-state index in [0.29, 0.717) is 81.4 Å². The molecular weight excluding hydrogens is 1290 g/mol. The predicted octanol–water partition coefficient (Wildman–Crippen LogP) is 11.7. The number of anilines is 2. The SMILES string of the molecule is CC(C)[C@@H](C)[C@@]1(C)CC[C@]2(C)[C@H]3CC[C@@H]4[C@@]5(COC[C@@]4(C)[C@@H](OC[C@](C)(N)C(C)C)[C@H](n4nc(N)c(C(N)=O)n4)C5)C3=CC[C@@]2(C)[C@@H]1C(=O)O.CO[C@@H]1C[C@@]23COC[C@](C)([C@@H]2CC[C@H]2C3=CC[C@@]3(C)[C@H](C(=O)O)[C@@](C)([C@H](C)C(C)C)CC[C@]23C)[C@H]1OC[C@](C)(N)C(C)C.NC(=O)c1n[nH]nc1N. The number of carbonyl (C=O) groups is 4. The summed E-state index contributed by atoms with van der Waals surface area (Å²) in [5, 5.41) is 40.1. The van der Waals surface area contributed by atoms with Crippen molar-refractivity contribution in [3.8, 4) is 0 Å². The van der Waals surface area contributed by atoms with E-state index in [0.717, 1.165) is 70.8 Å². The standard InChI is InChI=1S/C39H64N6O5.C37H63NO5.C3H5N5O/c1-21(2)23(5)34(6)15-16-36(8)24-11-12-27-35(7)18-49-20-39(27,25(24)13-14-37(36,9)29(34)33(47)48)17-26(30(35)50-19-38(10,42)22(3)4)45-43-28(32(41)46)31(40)44-45;1-22(2)24(5)32(6)16-17-34(8)25-12-13-28-33(7)19-42-21-37(28,26(25)14-15-35(34,9)29(32)31(39)40)18-27(41-11)30(33)43-20-36(10,38)23(3)4;4-2-1(3(5)9)6-8-7-2/h13,21-24,26-27,29-30H,11-12,14-20,42H2,1-10H3,(H2,40,44)(H2,41,46)(H,47,48);14,22-25,27-30H,12-13,15-21,38H2,1-11H3,(H,39,40);(H2,5,9)(H3,4,6,7,8)/t23-,24+,26-,27+,29-,30+,34-,35-,36-,37+,38+,39+;24-,25+,27-,28+,29-,30+,32-,33-,34-,35+,36+,37+;/m11./s1. The maximum absolute atomic E-state index is 13.5. The van der Waals surface area contributed by atoms with Crippen molar-refractivity contribution in [3.05, 3.63) is 34.7 Å². The van der Waals surface area contributed by atoms with E-state index < -0.39 is 51.6 Å². The van der Waals surface area contributed by atoms with Crippen molar-refractivity contribution in [3.63, 3.8) is 0 Å². The highest BCUT2D eigenvalue weighted by molar-refractivity contribution is 5.95. The van der Waals surface area contributed by atoms with Crippen LogP contribution in [0.1, 0.15) is 243 Å². The van der Waals surface area contributed by atoms with Crippen molar-refractivity contribution in [2.75, 3.05) is 58.2 Å². The summed E-state index contributed by atoms with van der Waals surface area (Å²) in [5.41, 5.74) is 34.6. The number of hydrogen-bond acceptors (Lipinski definition) is 17. The van der Waals surface area contributed by atoms with Crippen LogP contribution in [0.4, 0.5) is 11.6 Å². The second kappa shape index (κ2) is 27.3. The number of aromatic nitrogens is 6. The lowest BCUT2D eigenvalue weighted by atomic mass is 9.34. The molecule has 4 heterocycles. The Morgan fingerprint density at radius 1 is 0.588 bits per heavy atom. The number of ether oxygens (including phenoxy) is 5. The Morgan fingerprint density at radius 3 is 1.37 bits per heavy atom. The Bertz CT molecular complexity index is 3530. The summed E-state index contributed by atoms with van der Waals surface area (Å²) in [4.78, 5) is 51.0. The van der Waals surface area contributed by atoms with Crippen LogP contribution in [0.15, 0.2) is 23.3 Å². The van der Waals surface area contributed by atoms with Crippen LogP contribution in [-0.4, -0.2) is 141 Å².